The van der Waals surface area contributed by atoms with Gasteiger partial charge in [-0.15, -0.1) is 22.7 Å². The Kier molecular flexibility index (Phi) is 15.4. The number of thiophene rings is 2. The van der Waals surface area contributed by atoms with Crippen LogP contribution >= 0.6 is 22.7 Å². The average Bonchev–Trinajstić information content (AvgIpc) is 3.87. The van der Waals surface area contributed by atoms with E-state index in [9.17, 15) is 4.79 Å². The van der Waals surface area contributed by atoms with Crippen LogP contribution in [0.15, 0.2) is 84.9 Å². The number of ether oxygens (including phenoxy) is 4. The number of esters is 1. The molecule has 0 fully saturated rings. The molecule has 0 aliphatic carbocycles. The predicted molar refractivity (Wildman–Crippen MR) is 256 cm³/mol. The molecule has 2 heterocycles. The van der Waals surface area contributed by atoms with Crippen LogP contribution < -0.4 is 9.47 Å². The highest BCUT2D eigenvalue weighted by atomic mass is 32.1. The first-order chi connectivity index (χ1) is 30.8. The molecule has 2 aromatic heterocycles. The summed E-state index contributed by atoms with van der Waals surface area (Å²) in [7, 11) is 0. The van der Waals surface area contributed by atoms with E-state index in [1.807, 2.05) is 46.8 Å². The van der Waals surface area contributed by atoms with Crippen molar-refractivity contribution in [2.24, 2.45) is 16.7 Å². The van der Waals surface area contributed by atoms with Crippen molar-refractivity contribution in [2.45, 2.75) is 112 Å². The third-order valence-electron chi connectivity index (χ3n) is 11.6. The van der Waals surface area contributed by atoms with Crippen molar-refractivity contribution in [1.29, 1.82) is 0 Å². The minimum absolute atomic E-state index is 0.192. The highest BCUT2D eigenvalue weighted by Crippen LogP contribution is 2.47. The molecule has 66 heavy (non-hydrogen) atoms. The van der Waals surface area contributed by atoms with Gasteiger partial charge in [0.2, 0.25) is 0 Å². The van der Waals surface area contributed by atoms with Gasteiger partial charge >= 0.3 is 23.7 Å². The van der Waals surface area contributed by atoms with Crippen molar-refractivity contribution in [3.05, 3.63) is 107 Å². The van der Waals surface area contributed by atoms with Crippen molar-refractivity contribution in [1.82, 2.24) is 0 Å². The number of halogens is 6. The summed E-state index contributed by atoms with van der Waals surface area (Å²) < 4.78 is 116. The predicted octanol–water partition coefficient (Wildman–Crippen LogP) is 15.6. The molecule has 0 saturated heterocycles. The lowest BCUT2D eigenvalue weighted by Gasteiger charge is -2.35. The monoisotopic (exact) mass is 954 g/mol. The number of alkyl halides is 6. The minimum Gasteiger partial charge on any atom is -0.491 e. The van der Waals surface area contributed by atoms with Crippen molar-refractivity contribution >= 4 is 48.8 Å². The van der Waals surface area contributed by atoms with Gasteiger partial charge in [-0.25, -0.2) is 0 Å². The second-order valence-corrected chi connectivity index (χ2v) is 21.6. The summed E-state index contributed by atoms with van der Waals surface area (Å²) in [4.78, 5) is 15.1. The van der Waals surface area contributed by atoms with Crippen LogP contribution in [0, 0.1) is 30.6 Å². The zero-order chi connectivity index (χ0) is 48.4. The Balaban J connectivity index is 1.20. The van der Waals surface area contributed by atoms with Gasteiger partial charge in [0.1, 0.15) is 37.4 Å². The van der Waals surface area contributed by atoms with E-state index >= 15 is 26.3 Å². The normalized spacial score (nSPS) is 13.5. The van der Waals surface area contributed by atoms with Crippen LogP contribution in [0.2, 0.25) is 0 Å². The van der Waals surface area contributed by atoms with E-state index in [0.717, 1.165) is 65.0 Å². The highest BCUT2D eigenvalue weighted by Gasteiger charge is 2.72. The standard InChI is InChI=1S/C53H60F6O5S2/c1-11-34-21-32(3)13-19-41(34)46-23-36-15-17-38(25-44(36)65-46)61-28-40(29-62-39-18-16-37-24-47(66-45(37)26-39)42-20-14-33(4)22-35(42)12-2)63-30-51(54,55)53(58,59)52(56,57)31-64-48(60)43(50(8,9)10)27-49(5,6)7/h13-26,40,43H,11-12,27-31H2,1-10H3. The number of carbonyl (C=O) groups excluding carboxylic acids is 1. The molecule has 0 N–H and O–H groups in total. The summed E-state index contributed by atoms with van der Waals surface area (Å²) in [6.07, 6.45) is 0.470. The van der Waals surface area contributed by atoms with Crippen molar-refractivity contribution < 1.29 is 50.1 Å². The number of aryl methyl sites for hydroxylation is 4. The molecular formula is C53H60F6O5S2. The smallest absolute Gasteiger partial charge is 0.377 e. The van der Waals surface area contributed by atoms with Gasteiger partial charge in [-0.05, 0) is 125 Å². The van der Waals surface area contributed by atoms with E-state index in [1.165, 1.54) is 11.1 Å². The fourth-order valence-electron chi connectivity index (χ4n) is 7.79. The molecule has 0 aliphatic rings. The second-order valence-electron chi connectivity index (χ2n) is 19.5. The Bertz CT molecular complexity index is 2500. The Morgan fingerprint density at radius 2 is 1.06 bits per heavy atom. The lowest BCUT2D eigenvalue weighted by molar-refractivity contribution is -0.329. The Morgan fingerprint density at radius 1 is 0.606 bits per heavy atom. The Morgan fingerprint density at radius 3 is 1.48 bits per heavy atom. The number of hydrogen-bond acceptors (Lipinski definition) is 7. The first-order valence-electron chi connectivity index (χ1n) is 22.2. The van der Waals surface area contributed by atoms with Crippen LogP contribution in [0.1, 0.15) is 84.1 Å². The number of benzene rings is 4. The van der Waals surface area contributed by atoms with Gasteiger partial charge in [0.15, 0.2) is 6.61 Å². The number of rotatable bonds is 19. The number of hydrogen-bond donors (Lipinski definition) is 0. The molecule has 1 unspecified atom stereocenters. The van der Waals surface area contributed by atoms with E-state index in [1.54, 1.807) is 67.7 Å². The van der Waals surface area contributed by atoms with Crippen LogP contribution in [0.4, 0.5) is 26.3 Å². The third-order valence-corrected chi connectivity index (χ3v) is 13.9. The van der Waals surface area contributed by atoms with E-state index < -0.39 is 73.0 Å². The molecule has 0 bridgehead atoms. The third kappa shape index (κ3) is 11.9. The summed E-state index contributed by atoms with van der Waals surface area (Å²) in [5, 5.41) is 1.91. The van der Waals surface area contributed by atoms with Gasteiger partial charge in [0, 0.05) is 19.2 Å². The lowest BCUT2D eigenvalue weighted by atomic mass is 9.72. The topological polar surface area (TPSA) is 54.0 Å². The molecule has 0 saturated carbocycles. The average molecular weight is 955 g/mol. The number of fused-ring (bicyclic) bond motifs is 2. The van der Waals surface area contributed by atoms with E-state index in [4.69, 9.17) is 14.2 Å². The van der Waals surface area contributed by atoms with Gasteiger partial charge in [0.25, 0.3) is 0 Å². The molecule has 0 aliphatic heterocycles. The maximum Gasteiger partial charge on any atom is 0.377 e. The Hall–Kier alpha value is -4.59. The summed E-state index contributed by atoms with van der Waals surface area (Å²) in [5.74, 6) is -18.2. The van der Waals surface area contributed by atoms with Crippen molar-refractivity contribution in [2.75, 3.05) is 26.4 Å². The zero-order valence-corrected chi connectivity index (χ0v) is 40.9. The summed E-state index contributed by atoms with van der Waals surface area (Å²) in [6, 6.07) is 27.5. The van der Waals surface area contributed by atoms with E-state index in [0.29, 0.717) is 11.5 Å². The molecule has 4 aromatic carbocycles. The number of carbonyl (C=O) groups is 1. The maximum atomic E-state index is 15.5. The second kappa shape index (κ2) is 19.9. The van der Waals surface area contributed by atoms with Crippen LogP contribution in [0.25, 0.3) is 41.1 Å². The summed E-state index contributed by atoms with van der Waals surface area (Å²) >= 11 is 3.11. The van der Waals surface area contributed by atoms with Crippen molar-refractivity contribution in [3.8, 4) is 32.4 Å². The van der Waals surface area contributed by atoms with Gasteiger partial charge < -0.3 is 18.9 Å². The molecule has 6 aromatic rings. The quantitative estimate of drug-likeness (QED) is 0.0598. The molecule has 0 spiro atoms. The molecule has 0 radical (unpaired) electrons. The lowest BCUT2D eigenvalue weighted by Crippen LogP contribution is -2.58. The molecule has 6 rings (SSSR count). The molecule has 1 atom stereocenters. The van der Waals surface area contributed by atoms with Crippen LogP contribution in [0.5, 0.6) is 11.5 Å². The van der Waals surface area contributed by atoms with Gasteiger partial charge in [-0.1, -0.05) is 103 Å². The van der Waals surface area contributed by atoms with Crippen LogP contribution in [-0.4, -0.2) is 56.3 Å². The van der Waals surface area contributed by atoms with Gasteiger partial charge in [-0.3, -0.25) is 4.79 Å². The van der Waals surface area contributed by atoms with Gasteiger partial charge in [-0.2, -0.15) is 26.3 Å². The summed E-state index contributed by atoms with van der Waals surface area (Å²) in [5.41, 5.74) is 5.75. The molecular weight excluding hydrogens is 895 g/mol. The van der Waals surface area contributed by atoms with Gasteiger partial charge in [0.05, 0.1) is 5.92 Å². The largest absolute Gasteiger partial charge is 0.491 e. The Labute approximate surface area is 392 Å². The van der Waals surface area contributed by atoms with Crippen molar-refractivity contribution in [3.63, 3.8) is 0 Å². The molecule has 5 nitrogen and oxygen atoms in total. The fourth-order valence-corrected chi connectivity index (χ4v) is 10.1. The summed E-state index contributed by atoms with van der Waals surface area (Å²) in [6.45, 7) is 13.6. The van der Waals surface area contributed by atoms with E-state index in [2.05, 4.69) is 67.1 Å². The van der Waals surface area contributed by atoms with Crippen LogP contribution in [0.3, 0.4) is 0 Å². The first-order valence-corrected chi connectivity index (χ1v) is 23.9. The zero-order valence-electron chi connectivity index (χ0n) is 39.3. The molecule has 13 heteroatoms. The minimum atomic E-state index is -5.97. The molecule has 356 valence electrons. The SMILES string of the molecule is CCc1cc(C)ccc1-c1cc2ccc(OCC(COc3ccc4cc(-c5ccc(C)cc5CC)sc4c3)OCC(F)(F)C(F)(F)C(F)(F)COC(=O)C(CC(C)(C)C)C(C)(C)C)cc2s1. The van der Waals surface area contributed by atoms with E-state index in [-0.39, 0.29) is 6.42 Å². The first kappa shape index (κ1) is 50.8. The van der Waals surface area contributed by atoms with Crippen LogP contribution in [-0.2, 0) is 27.1 Å². The molecule has 0 amide bonds. The fraction of sp³-hybridized carbons (Fsp3) is 0.453. The maximum absolute atomic E-state index is 15.5. The highest BCUT2D eigenvalue weighted by molar-refractivity contribution is 7.22.